The van der Waals surface area contributed by atoms with Gasteiger partial charge in [-0.1, -0.05) is 58.4 Å². The van der Waals surface area contributed by atoms with Crippen LogP contribution in [0, 0.1) is 9.77 Å². The molecule has 0 spiro atoms. The van der Waals surface area contributed by atoms with E-state index in [0.717, 1.165) is 0 Å². The van der Waals surface area contributed by atoms with Gasteiger partial charge in [-0.3, -0.25) is 4.79 Å². The molecule has 3 aromatic rings. The summed E-state index contributed by atoms with van der Waals surface area (Å²) in [5.41, 5.74) is 0.824. The van der Waals surface area contributed by atoms with Crippen molar-refractivity contribution in [1.82, 2.24) is 9.78 Å². The van der Waals surface area contributed by atoms with Crippen LogP contribution < -0.4 is 5.32 Å². The Labute approximate surface area is 178 Å². The van der Waals surface area contributed by atoms with Crippen LogP contribution in [-0.4, -0.2) is 20.9 Å². The Hall–Kier alpha value is -1.45. The minimum absolute atomic E-state index is 0.143. The molecule has 3 rings (SSSR count). The number of hydrogen-bond donors (Lipinski definition) is 1. The number of carbonyl (C=O) groups excluding carboxylic acids is 1. The largest absolute Gasteiger partial charge is 0.323 e. The second kappa shape index (κ2) is 8.70. The van der Waals surface area contributed by atoms with Crippen molar-refractivity contribution in [3.63, 3.8) is 0 Å². The molecular weight excluding hydrogens is 448 g/mol. The molecule has 0 saturated carbocycles. The fourth-order valence-corrected chi connectivity index (χ4v) is 4.89. The van der Waals surface area contributed by atoms with E-state index in [0.29, 0.717) is 24.0 Å². The summed E-state index contributed by atoms with van der Waals surface area (Å²) in [5.74, 6) is -0.810. The number of para-hydroxylation sites is 1. The van der Waals surface area contributed by atoms with Crippen LogP contribution in [0.15, 0.2) is 46.8 Å². The molecule has 0 aliphatic heterocycles. The van der Waals surface area contributed by atoms with Gasteiger partial charge in [-0.15, -0.1) is 5.10 Å². The molecule has 1 heterocycles. The molecule has 1 amide bonds. The highest BCUT2D eigenvalue weighted by Gasteiger charge is 2.19. The highest BCUT2D eigenvalue weighted by molar-refractivity contribution is 8.02. The molecule has 0 fully saturated rings. The van der Waals surface area contributed by atoms with E-state index in [2.05, 4.69) is 10.4 Å². The minimum atomic E-state index is -0.493. The van der Waals surface area contributed by atoms with Crippen molar-refractivity contribution >= 4 is 70.1 Å². The zero-order valence-electron chi connectivity index (χ0n) is 13.8. The third-order valence-electron chi connectivity index (χ3n) is 3.46. The van der Waals surface area contributed by atoms with Crippen LogP contribution in [0.3, 0.4) is 0 Å². The van der Waals surface area contributed by atoms with Crippen molar-refractivity contribution in [2.45, 2.75) is 16.5 Å². The Kier molecular flexibility index (Phi) is 6.54. The summed E-state index contributed by atoms with van der Waals surface area (Å²) in [6.07, 6.45) is 0. The topological polar surface area (TPSA) is 46.9 Å². The molecule has 0 aliphatic carbocycles. The fraction of sp³-hybridized carbons (Fsp3) is 0.118. The quantitative estimate of drug-likeness (QED) is 0.362. The molecule has 1 aromatic heterocycles. The Morgan fingerprint density at radius 3 is 2.74 bits per heavy atom. The van der Waals surface area contributed by atoms with Crippen LogP contribution in [0.4, 0.5) is 10.1 Å². The molecule has 140 valence electrons. The number of rotatable bonds is 5. The Morgan fingerprint density at radius 2 is 2.04 bits per heavy atom. The third-order valence-corrected chi connectivity index (χ3v) is 6.61. The fourth-order valence-electron chi connectivity index (χ4n) is 2.09. The average Bonchev–Trinajstić information content (AvgIpc) is 2.99. The van der Waals surface area contributed by atoms with Crippen molar-refractivity contribution in [3.05, 3.63) is 62.3 Å². The predicted molar refractivity (Wildman–Crippen MR) is 113 cm³/mol. The second-order valence-electron chi connectivity index (χ2n) is 5.37. The number of carbonyl (C=O) groups is 1. The van der Waals surface area contributed by atoms with E-state index in [-0.39, 0.29) is 11.6 Å². The van der Waals surface area contributed by atoms with E-state index < -0.39 is 11.1 Å². The summed E-state index contributed by atoms with van der Waals surface area (Å²) in [6, 6.07) is 11.1. The molecule has 10 heteroatoms. The monoisotopic (exact) mass is 459 g/mol. The van der Waals surface area contributed by atoms with Crippen molar-refractivity contribution in [2.75, 3.05) is 5.32 Å². The summed E-state index contributed by atoms with van der Waals surface area (Å²) in [7, 11) is 0. The van der Waals surface area contributed by atoms with Gasteiger partial charge >= 0.3 is 0 Å². The maximum Gasteiger partial charge on any atom is 0.237 e. The minimum Gasteiger partial charge on any atom is -0.323 e. The second-order valence-corrected chi connectivity index (χ2v) is 9.40. The number of hydrogen-bond acceptors (Lipinski definition) is 5. The van der Waals surface area contributed by atoms with Crippen molar-refractivity contribution in [1.29, 1.82) is 0 Å². The van der Waals surface area contributed by atoms with E-state index in [4.69, 9.17) is 35.4 Å². The van der Waals surface area contributed by atoms with Gasteiger partial charge in [0, 0.05) is 0 Å². The first-order chi connectivity index (χ1) is 12.8. The zero-order valence-corrected chi connectivity index (χ0v) is 17.7. The summed E-state index contributed by atoms with van der Waals surface area (Å²) in [6.45, 7) is 1.72. The summed E-state index contributed by atoms with van der Waals surface area (Å²) in [5, 5.41) is 7.36. The number of nitrogens with zero attached hydrogens (tertiary/aromatic N) is 2. The Morgan fingerprint density at radius 1 is 1.30 bits per heavy atom. The molecule has 0 saturated heterocycles. The van der Waals surface area contributed by atoms with Gasteiger partial charge in [-0.25, -0.2) is 9.07 Å². The van der Waals surface area contributed by atoms with Crippen molar-refractivity contribution in [3.8, 4) is 5.69 Å². The van der Waals surface area contributed by atoms with Gasteiger partial charge in [0.05, 0.1) is 26.7 Å². The zero-order chi connectivity index (χ0) is 19.6. The molecule has 0 aliphatic rings. The van der Waals surface area contributed by atoms with E-state index >= 15 is 0 Å². The highest BCUT2D eigenvalue weighted by Crippen LogP contribution is 2.30. The maximum absolute atomic E-state index is 13.7. The van der Waals surface area contributed by atoms with Gasteiger partial charge < -0.3 is 5.32 Å². The average molecular weight is 460 g/mol. The van der Waals surface area contributed by atoms with Crippen LogP contribution in [0.1, 0.15) is 6.92 Å². The smallest absolute Gasteiger partial charge is 0.237 e. The number of amides is 1. The van der Waals surface area contributed by atoms with Gasteiger partial charge in [-0.2, -0.15) is 0 Å². The van der Waals surface area contributed by atoms with Gasteiger partial charge in [-0.05, 0) is 49.5 Å². The van der Waals surface area contributed by atoms with Crippen molar-refractivity contribution in [2.24, 2.45) is 0 Å². The lowest BCUT2D eigenvalue weighted by Gasteiger charge is -2.10. The lowest BCUT2D eigenvalue weighted by Crippen LogP contribution is -2.22. The van der Waals surface area contributed by atoms with Gasteiger partial charge in [0.2, 0.25) is 5.91 Å². The van der Waals surface area contributed by atoms with Crippen LogP contribution in [0.25, 0.3) is 5.69 Å². The van der Waals surface area contributed by atoms with Gasteiger partial charge in [0.1, 0.15) is 5.82 Å². The van der Waals surface area contributed by atoms with E-state index in [1.54, 1.807) is 41.9 Å². The molecule has 1 atom stereocenters. The standard InChI is InChI=1S/C17H12Cl2FN3OS3/c1-9(15(24)21-14-5-3-2-4-13(14)20)26-16-22-23(17(25)27-16)10-6-7-11(18)12(19)8-10/h2-9H,1H3,(H,21,24). The van der Waals surface area contributed by atoms with Crippen LogP contribution >= 0.6 is 58.5 Å². The number of aromatic nitrogens is 2. The lowest BCUT2D eigenvalue weighted by molar-refractivity contribution is -0.115. The molecule has 1 unspecified atom stereocenters. The van der Waals surface area contributed by atoms with E-state index in [1.807, 2.05) is 0 Å². The summed E-state index contributed by atoms with van der Waals surface area (Å²) in [4.78, 5) is 12.3. The Bertz CT molecular complexity index is 1050. The number of anilines is 1. The van der Waals surface area contributed by atoms with Gasteiger partial charge in [0.15, 0.2) is 8.29 Å². The molecule has 2 aromatic carbocycles. The molecule has 4 nitrogen and oxygen atoms in total. The first kappa shape index (κ1) is 20.3. The first-order valence-corrected chi connectivity index (χ1v) is 10.5. The van der Waals surface area contributed by atoms with Crippen molar-refractivity contribution < 1.29 is 9.18 Å². The number of halogens is 3. The third kappa shape index (κ3) is 4.89. The van der Waals surface area contributed by atoms with Crippen LogP contribution in [0.5, 0.6) is 0 Å². The summed E-state index contributed by atoms with van der Waals surface area (Å²) < 4.78 is 16.4. The SMILES string of the molecule is CC(Sc1nn(-c2ccc(Cl)c(Cl)c2)c(=S)s1)C(=O)Nc1ccccc1F. The number of nitrogens with one attached hydrogen (secondary N) is 1. The maximum atomic E-state index is 13.7. The first-order valence-electron chi connectivity index (χ1n) is 7.63. The molecule has 1 N–H and O–H groups in total. The normalized spacial score (nSPS) is 12.0. The molecule has 0 bridgehead atoms. The van der Waals surface area contributed by atoms with Gasteiger partial charge in [0.25, 0.3) is 0 Å². The van der Waals surface area contributed by atoms with E-state index in [9.17, 15) is 9.18 Å². The molecule has 27 heavy (non-hydrogen) atoms. The molecule has 0 radical (unpaired) electrons. The number of thioether (sulfide) groups is 1. The number of benzene rings is 2. The van der Waals surface area contributed by atoms with Crippen LogP contribution in [0.2, 0.25) is 10.0 Å². The van der Waals surface area contributed by atoms with Crippen LogP contribution in [-0.2, 0) is 4.79 Å². The van der Waals surface area contributed by atoms with E-state index in [1.165, 1.54) is 35.2 Å². The predicted octanol–water partition coefficient (Wildman–Crippen LogP) is 6.23. The lowest BCUT2D eigenvalue weighted by atomic mass is 10.3. The summed E-state index contributed by atoms with van der Waals surface area (Å²) >= 11 is 19.8. The molecular formula is C17H12Cl2FN3OS3. The highest BCUT2D eigenvalue weighted by atomic mass is 35.5. The Balaban J connectivity index is 1.74.